The zero-order valence-electron chi connectivity index (χ0n) is 13.9. The van der Waals surface area contributed by atoms with E-state index in [-0.39, 0.29) is 16.4 Å². The van der Waals surface area contributed by atoms with Crippen LogP contribution in [-0.2, 0) is 14.3 Å². The van der Waals surface area contributed by atoms with Crippen LogP contribution < -0.4 is 5.32 Å². The number of H-pyrrole nitrogens is 1. The second kappa shape index (κ2) is 7.92. The molecule has 138 valence electrons. The summed E-state index contributed by atoms with van der Waals surface area (Å²) in [6.45, 7) is 1.39. The Bertz CT molecular complexity index is 1020. The number of imidazole rings is 1. The molecule has 1 atom stereocenters. The number of nitrogens with one attached hydrogen (secondary N) is 2. The maximum atomic E-state index is 13.7. The third-order valence-corrected chi connectivity index (χ3v) is 3.84. The van der Waals surface area contributed by atoms with Crippen LogP contribution in [0.3, 0.4) is 0 Å². The minimum atomic E-state index is -1.12. The third kappa shape index (κ3) is 4.26. The molecular formula is C17H13ClFN5O3. The molecule has 0 aliphatic carbocycles. The quantitative estimate of drug-likeness (QED) is 0.513. The van der Waals surface area contributed by atoms with Crippen molar-refractivity contribution < 1.29 is 18.7 Å². The van der Waals surface area contributed by atoms with Crippen molar-refractivity contribution in [3.05, 3.63) is 53.3 Å². The first-order valence-corrected chi connectivity index (χ1v) is 8.11. The average molecular weight is 390 g/mol. The molecule has 0 saturated carbocycles. The summed E-state index contributed by atoms with van der Waals surface area (Å²) in [5, 5.41) is 2.67. The Labute approximate surface area is 157 Å². The molecule has 0 spiro atoms. The molecular weight excluding hydrogens is 377 g/mol. The van der Waals surface area contributed by atoms with Crippen LogP contribution >= 0.6 is 11.6 Å². The number of nitrogens with zero attached hydrogens (tertiary/aromatic N) is 3. The summed E-state index contributed by atoms with van der Waals surface area (Å²) in [6.07, 6.45) is 3.72. The Balaban J connectivity index is 1.63. The number of esters is 1. The van der Waals surface area contributed by atoms with Gasteiger partial charge in [-0.1, -0.05) is 17.7 Å². The summed E-state index contributed by atoms with van der Waals surface area (Å²) in [6, 6.07) is 4.15. The van der Waals surface area contributed by atoms with Crippen molar-refractivity contribution >= 4 is 46.5 Å². The van der Waals surface area contributed by atoms with Crippen LogP contribution in [0.1, 0.15) is 12.5 Å². The maximum absolute atomic E-state index is 13.7. The number of hydrogen-bond donors (Lipinski definition) is 2. The number of rotatable bonds is 5. The minimum Gasteiger partial charge on any atom is -0.449 e. The number of hydrogen-bond acceptors (Lipinski definition) is 6. The molecule has 0 saturated heterocycles. The van der Waals surface area contributed by atoms with Crippen LogP contribution in [0.4, 0.5) is 10.2 Å². The average Bonchev–Trinajstić information content (AvgIpc) is 3.11. The lowest BCUT2D eigenvalue weighted by Gasteiger charge is -2.12. The summed E-state index contributed by atoms with van der Waals surface area (Å²) >= 11 is 5.87. The van der Waals surface area contributed by atoms with Crippen molar-refractivity contribution in [3.8, 4) is 0 Å². The van der Waals surface area contributed by atoms with Gasteiger partial charge in [-0.25, -0.2) is 24.1 Å². The Morgan fingerprint density at radius 1 is 1.33 bits per heavy atom. The van der Waals surface area contributed by atoms with Gasteiger partial charge in [-0.15, -0.1) is 0 Å². The van der Waals surface area contributed by atoms with Crippen molar-refractivity contribution in [3.63, 3.8) is 0 Å². The highest BCUT2D eigenvalue weighted by Gasteiger charge is 2.19. The highest BCUT2D eigenvalue weighted by atomic mass is 35.5. The van der Waals surface area contributed by atoms with E-state index in [1.165, 1.54) is 43.9 Å². The SMILES string of the molecule is CC(OC(=O)/C=C/c1c(F)cccc1Cl)C(=O)Nc1ncnc2nc[nH]c12. The molecule has 1 amide bonds. The van der Waals surface area contributed by atoms with E-state index < -0.39 is 23.8 Å². The van der Waals surface area contributed by atoms with E-state index in [9.17, 15) is 14.0 Å². The van der Waals surface area contributed by atoms with Crippen LogP contribution in [-0.4, -0.2) is 37.9 Å². The monoisotopic (exact) mass is 389 g/mol. The molecule has 8 nitrogen and oxygen atoms in total. The summed E-state index contributed by atoms with van der Waals surface area (Å²) in [4.78, 5) is 38.7. The molecule has 2 aromatic heterocycles. The van der Waals surface area contributed by atoms with Crippen LogP contribution in [0.2, 0.25) is 5.02 Å². The topological polar surface area (TPSA) is 110 Å². The van der Waals surface area contributed by atoms with Crippen LogP contribution in [0.25, 0.3) is 17.2 Å². The van der Waals surface area contributed by atoms with Gasteiger partial charge in [0.15, 0.2) is 17.6 Å². The van der Waals surface area contributed by atoms with E-state index in [0.29, 0.717) is 11.2 Å². The molecule has 10 heteroatoms. The van der Waals surface area contributed by atoms with Crippen molar-refractivity contribution in [1.82, 2.24) is 19.9 Å². The zero-order chi connectivity index (χ0) is 19.4. The maximum Gasteiger partial charge on any atom is 0.331 e. The zero-order valence-corrected chi connectivity index (χ0v) is 14.7. The van der Waals surface area contributed by atoms with Gasteiger partial charge in [-0.3, -0.25) is 4.79 Å². The summed E-state index contributed by atoms with van der Waals surface area (Å²) in [5.41, 5.74) is 0.879. The normalized spacial score (nSPS) is 12.3. The number of amides is 1. The molecule has 1 aromatic carbocycles. The lowest BCUT2D eigenvalue weighted by molar-refractivity contribution is -0.148. The number of halogens is 2. The van der Waals surface area contributed by atoms with E-state index in [2.05, 4.69) is 25.3 Å². The second-order valence-electron chi connectivity index (χ2n) is 5.36. The van der Waals surface area contributed by atoms with E-state index in [4.69, 9.17) is 16.3 Å². The van der Waals surface area contributed by atoms with Gasteiger partial charge >= 0.3 is 5.97 Å². The van der Waals surface area contributed by atoms with Gasteiger partial charge in [0.05, 0.1) is 11.3 Å². The van der Waals surface area contributed by atoms with Gasteiger partial charge in [-0.2, -0.15) is 0 Å². The van der Waals surface area contributed by atoms with Gasteiger partial charge < -0.3 is 15.0 Å². The highest BCUT2D eigenvalue weighted by molar-refractivity contribution is 6.32. The van der Waals surface area contributed by atoms with Gasteiger partial charge in [0.25, 0.3) is 5.91 Å². The largest absolute Gasteiger partial charge is 0.449 e. The molecule has 0 aliphatic rings. The number of ether oxygens (including phenoxy) is 1. The predicted octanol–water partition coefficient (Wildman–Crippen LogP) is 2.73. The van der Waals surface area contributed by atoms with Crippen molar-refractivity contribution in [2.45, 2.75) is 13.0 Å². The molecule has 0 bridgehead atoms. The molecule has 0 aliphatic heterocycles. The number of carbonyl (C=O) groups excluding carboxylic acids is 2. The number of fused-ring (bicyclic) bond motifs is 1. The lowest BCUT2D eigenvalue weighted by atomic mass is 10.2. The third-order valence-electron chi connectivity index (χ3n) is 3.51. The number of aromatic nitrogens is 4. The van der Waals surface area contributed by atoms with Gasteiger partial charge in [-0.05, 0) is 25.1 Å². The molecule has 2 heterocycles. The van der Waals surface area contributed by atoms with E-state index in [0.717, 1.165) is 6.08 Å². The van der Waals surface area contributed by atoms with E-state index in [1.807, 2.05) is 0 Å². The van der Waals surface area contributed by atoms with Crippen LogP contribution in [0, 0.1) is 5.82 Å². The fourth-order valence-corrected chi connectivity index (χ4v) is 2.39. The predicted molar refractivity (Wildman–Crippen MR) is 96.3 cm³/mol. The van der Waals surface area contributed by atoms with Crippen molar-refractivity contribution in [2.24, 2.45) is 0 Å². The van der Waals surface area contributed by atoms with Crippen LogP contribution in [0.5, 0.6) is 0 Å². The van der Waals surface area contributed by atoms with Gasteiger partial charge in [0, 0.05) is 11.6 Å². The Kier molecular flexibility index (Phi) is 5.41. The first-order valence-electron chi connectivity index (χ1n) is 7.73. The van der Waals surface area contributed by atoms with E-state index >= 15 is 0 Å². The fraction of sp³-hybridized carbons (Fsp3) is 0.118. The van der Waals surface area contributed by atoms with Crippen molar-refractivity contribution in [1.29, 1.82) is 0 Å². The highest BCUT2D eigenvalue weighted by Crippen LogP contribution is 2.20. The number of carbonyl (C=O) groups is 2. The van der Waals surface area contributed by atoms with Gasteiger partial charge in [0.1, 0.15) is 17.7 Å². The summed E-state index contributed by atoms with van der Waals surface area (Å²) in [7, 11) is 0. The second-order valence-corrected chi connectivity index (χ2v) is 5.77. The molecule has 3 rings (SSSR count). The molecule has 27 heavy (non-hydrogen) atoms. The van der Waals surface area contributed by atoms with Gasteiger partial charge in [0.2, 0.25) is 0 Å². The standard InChI is InChI=1S/C17H13ClFN5O3/c1-9(17(26)24-16-14-15(21-7-20-14)22-8-23-16)27-13(25)6-5-10-11(18)3-2-4-12(10)19/h2-9H,1H3,(H2,20,21,22,23,24,26)/b6-5+. The van der Waals surface area contributed by atoms with E-state index in [1.54, 1.807) is 0 Å². The number of anilines is 1. The minimum absolute atomic E-state index is 0.0517. The summed E-state index contributed by atoms with van der Waals surface area (Å²) in [5.74, 6) is -1.80. The molecule has 0 fully saturated rings. The number of aromatic amines is 1. The Morgan fingerprint density at radius 2 is 2.15 bits per heavy atom. The molecule has 3 aromatic rings. The molecule has 1 unspecified atom stereocenters. The molecule has 2 N–H and O–H groups in total. The fourth-order valence-electron chi connectivity index (χ4n) is 2.17. The first kappa shape index (κ1) is 18.5. The summed E-state index contributed by atoms with van der Waals surface area (Å²) < 4.78 is 18.7. The molecule has 0 radical (unpaired) electrons. The van der Waals surface area contributed by atoms with Crippen molar-refractivity contribution in [2.75, 3.05) is 5.32 Å². The lowest BCUT2D eigenvalue weighted by Crippen LogP contribution is -2.29. The number of benzene rings is 1. The Hall–Kier alpha value is -3.33. The Morgan fingerprint density at radius 3 is 2.93 bits per heavy atom. The van der Waals surface area contributed by atoms with Crippen LogP contribution in [0.15, 0.2) is 36.9 Å². The smallest absolute Gasteiger partial charge is 0.331 e. The first-order chi connectivity index (χ1) is 13.0.